The van der Waals surface area contributed by atoms with Gasteiger partial charge in [0.2, 0.25) is 0 Å². The Morgan fingerprint density at radius 2 is 0.644 bits per heavy atom. The molecule has 7 rings (SSSR count). The Labute approximate surface area is 451 Å². The first kappa shape index (κ1) is 57.1. The number of rotatable bonds is 34. The van der Waals surface area contributed by atoms with Crippen LogP contribution in [-0.4, -0.2) is 36.4 Å². The molecule has 386 valence electrons. The topological polar surface area (TPSA) is 90.9 Å². The molecule has 0 spiro atoms. The van der Waals surface area contributed by atoms with Crippen molar-refractivity contribution in [2.24, 2.45) is 0 Å². The predicted molar refractivity (Wildman–Crippen MR) is 303 cm³/mol. The largest absolute Gasteiger partial charge is 2.00 e. The molecule has 8 bridgehead atoms. The number of fused-ring (bicyclic) bond motifs is 8. The molecule has 0 radical (unpaired) electrons. The van der Waals surface area contributed by atoms with Crippen LogP contribution in [0.2, 0.25) is 0 Å². The van der Waals surface area contributed by atoms with Gasteiger partial charge in [0.1, 0.15) is 23.0 Å². The van der Waals surface area contributed by atoms with Crippen molar-refractivity contribution in [3.05, 3.63) is 95.6 Å². The van der Waals surface area contributed by atoms with Gasteiger partial charge >= 0.3 is 19.5 Å². The molecule has 2 aromatic carbocycles. The normalized spacial score (nSPS) is 11.8. The maximum absolute atomic E-state index is 6.50. The summed E-state index contributed by atoms with van der Waals surface area (Å²) in [6, 6.07) is 25.1. The molecule has 0 N–H and O–H groups in total. The van der Waals surface area contributed by atoms with Gasteiger partial charge in [-0.15, -0.1) is 22.1 Å². The average Bonchev–Trinajstić information content (AvgIpc) is 4.24. The van der Waals surface area contributed by atoms with E-state index in [0.717, 1.165) is 116 Å². The molecule has 9 heteroatoms. The molecule has 0 saturated heterocycles. The van der Waals surface area contributed by atoms with Gasteiger partial charge in [-0.1, -0.05) is 193 Å². The van der Waals surface area contributed by atoms with Gasteiger partial charge in [0, 0.05) is 12.1 Å². The summed E-state index contributed by atoms with van der Waals surface area (Å²) >= 11 is 0. The predicted octanol–water partition coefficient (Wildman–Crippen LogP) is 18.2. The van der Waals surface area contributed by atoms with Crippen LogP contribution in [0.25, 0.3) is 68.6 Å². The Kier molecular flexibility index (Phi) is 25.2. The summed E-state index contributed by atoms with van der Waals surface area (Å²) in [6.07, 6.45) is 37.3. The molecule has 73 heavy (non-hydrogen) atoms. The fourth-order valence-electron chi connectivity index (χ4n) is 9.60. The molecular formula is C64H84N4O4Zn. The summed E-state index contributed by atoms with van der Waals surface area (Å²) in [5.74, 6) is 3.21. The number of ether oxygens (including phenoxy) is 4. The van der Waals surface area contributed by atoms with Gasteiger partial charge in [0.15, 0.2) is 0 Å². The Bertz CT molecular complexity index is 2390. The summed E-state index contributed by atoms with van der Waals surface area (Å²) in [6.45, 7) is 11.7. The first-order chi connectivity index (χ1) is 35.5. The molecule has 5 heterocycles. The van der Waals surface area contributed by atoms with Crippen molar-refractivity contribution in [3.8, 4) is 45.3 Å². The van der Waals surface area contributed by atoms with Gasteiger partial charge in [-0.3, -0.25) is 0 Å². The molecule has 2 aliphatic heterocycles. The van der Waals surface area contributed by atoms with Crippen LogP contribution in [-0.2, 0) is 19.5 Å². The molecule has 0 saturated carbocycles. The van der Waals surface area contributed by atoms with Gasteiger partial charge in [0.25, 0.3) is 0 Å². The molecule has 2 aliphatic rings. The molecule has 0 amide bonds. The maximum atomic E-state index is 6.50. The van der Waals surface area contributed by atoms with Gasteiger partial charge in [-0.25, -0.2) is 9.97 Å². The molecule has 5 aromatic rings. The second kappa shape index (κ2) is 32.2. The van der Waals surface area contributed by atoms with Crippen molar-refractivity contribution in [2.75, 3.05) is 26.4 Å². The van der Waals surface area contributed by atoms with E-state index in [4.69, 9.17) is 38.9 Å². The molecule has 0 unspecified atom stereocenters. The van der Waals surface area contributed by atoms with E-state index in [1.807, 2.05) is 0 Å². The number of nitrogens with zero attached hydrogens (tertiary/aromatic N) is 4. The summed E-state index contributed by atoms with van der Waals surface area (Å²) in [5.41, 5.74) is 10.3. The zero-order valence-corrected chi connectivity index (χ0v) is 48.1. The maximum Gasteiger partial charge on any atom is 2.00 e. The van der Waals surface area contributed by atoms with E-state index in [2.05, 4.69) is 125 Å². The molecular weight excluding hydrogens is 954 g/mol. The van der Waals surface area contributed by atoms with Crippen molar-refractivity contribution in [1.29, 1.82) is 0 Å². The smallest absolute Gasteiger partial charge is 0.657 e. The van der Waals surface area contributed by atoms with E-state index >= 15 is 0 Å². The van der Waals surface area contributed by atoms with Gasteiger partial charge in [-0.2, -0.15) is 0 Å². The molecule has 0 atom stereocenters. The van der Waals surface area contributed by atoms with Crippen molar-refractivity contribution in [1.82, 2.24) is 19.9 Å². The van der Waals surface area contributed by atoms with E-state index in [-0.39, 0.29) is 19.5 Å². The number of unbranched alkanes of at least 4 members (excludes halogenated alkanes) is 20. The summed E-state index contributed by atoms with van der Waals surface area (Å²) < 4.78 is 26.0. The number of benzene rings is 2. The first-order valence-electron chi connectivity index (χ1n) is 28.4. The van der Waals surface area contributed by atoms with Crippen LogP contribution in [0.15, 0.2) is 72.8 Å². The standard InChI is InChI=1S/C64H84N4O4.Zn/c1-5-9-13-17-21-25-37-69-55-41-49(42-56(47-55)70-38-26-22-18-14-10-6-2)63-59-33-29-51(65-59)45-53-31-35-61(67-53)64(62-36-32-54(68-62)46-52-30-34-60(63)66-52)50-43-57(71-39-27-23-19-15-11-7-3)48-58(44-50)72-40-28-24-20-16-12-8-4;/h29-36,41-48H,5-28,37-40H2,1-4H3;/q-2;+2. The zero-order valence-electron chi connectivity index (χ0n) is 45.2. The minimum atomic E-state index is 0. The summed E-state index contributed by atoms with van der Waals surface area (Å²) in [5, 5.41) is 0. The fraction of sp³-hybridized carbons (Fsp3) is 0.500. The molecule has 8 nitrogen and oxygen atoms in total. The third-order valence-electron chi connectivity index (χ3n) is 13.7. The molecule has 0 fully saturated rings. The van der Waals surface area contributed by atoms with Crippen LogP contribution < -0.4 is 28.9 Å². The van der Waals surface area contributed by atoms with Crippen molar-refractivity contribution in [2.45, 2.75) is 182 Å². The second-order valence-electron chi connectivity index (χ2n) is 19.9. The number of aromatic nitrogens is 4. The Morgan fingerprint density at radius 3 is 0.959 bits per heavy atom. The minimum absolute atomic E-state index is 0. The van der Waals surface area contributed by atoms with Crippen LogP contribution in [0, 0.1) is 0 Å². The quantitative estimate of drug-likeness (QED) is 0.0291. The average molecular weight is 1040 g/mol. The minimum Gasteiger partial charge on any atom is -0.657 e. The Balaban J connectivity index is 0.00000869. The number of hydrogen-bond acceptors (Lipinski definition) is 6. The zero-order chi connectivity index (χ0) is 50.0. The van der Waals surface area contributed by atoms with Crippen LogP contribution in [0.3, 0.4) is 0 Å². The van der Waals surface area contributed by atoms with E-state index in [1.54, 1.807) is 0 Å². The van der Waals surface area contributed by atoms with Crippen molar-refractivity contribution < 1.29 is 38.4 Å². The Morgan fingerprint density at radius 1 is 0.342 bits per heavy atom. The van der Waals surface area contributed by atoms with E-state index < -0.39 is 0 Å². The van der Waals surface area contributed by atoms with Gasteiger partial charge in [0.05, 0.1) is 49.2 Å². The van der Waals surface area contributed by atoms with Gasteiger partial charge in [-0.05, 0) is 96.5 Å². The van der Waals surface area contributed by atoms with Crippen LogP contribution in [0.5, 0.6) is 23.0 Å². The van der Waals surface area contributed by atoms with E-state index in [0.29, 0.717) is 26.4 Å². The monoisotopic (exact) mass is 1040 g/mol. The molecule has 3 aromatic heterocycles. The van der Waals surface area contributed by atoms with Gasteiger partial charge < -0.3 is 28.9 Å². The third kappa shape index (κ3) is 18.6. The number of hydrogen-bond donors (Lipinski definition) is 0. The Hall–Kier alpha value is -5.14. The summed E-state index contributed by atoms with van der Waals surface area (Å²) in [4.78, 5) is 21.0. The molecule has 0 aliphatic carbocycles. The SMILES string of the molecule is CCCCCCCCOc1cc(OCCCCCCCC)cc(-c2c3nc(cc4ccc([n-]4)c(-c4cc(OCCCCCCCC)cc(OCCCCCCCC)c4)c4nc(cc5ccc2[n-]5)C=C4)C=C3)c1.[Zn+2]. The van der Waals surface area contributed by atoms with E-state index in [9.17, 15) is 0 Å². The van der Waals surface area contributed by atoms with Crippen LogP contribution in [0.4, 0.5) is 0 Å². The van der Waals surface area contributed by atoms with Crippen LogP contribution >= 0.6 is 0 Å². The summed E-state index contributed by atoms with van der Waals surface area (Å²) in [7, 11) is 0. The van der Waals surface area contributed by atoms with Crippen LogP contribution in [0.1, 0.15) is 205 Å². The van der Waals surface area contributed by atoms with Crippen molar-refractivity contribution >= 4 is 46.4 Å². The first-order valence-corrected chi connectivity index (χ1v) is 28.4. The van der Waals surface area contributed by atoms with E-state index in [1.165, 1.54) is 128 Å². The van der Waals surface area contributed by atoms with Crippen molar-refractivity contribution in [3.63, 3.8) is 0 Å². The fourth-order valence-corrected chi connectivity index (χ4v) is 9.60. The third-order valence-corrected chi connectivity index (χ3v) is 13.7. The second-order valence-corrected chi connectivity index (χ2v) is 19.9.